The third kappa shape index (κ3) is 6.11. The predicted octanol–water partition coefficient (Wildman–Crippen LogP) is 5.43. The van der Waals surface area contributed by atoms with Crippen LogP contribution in [0.5, 0.6) is 11.5 Å². The van der Waals surface area contributed by atoms with Crippen molar-refractivity contribution in [3.05, 3.63) is 119 Å². The number of Topliss-reactive ketones (excluding diaryl/α,β-unsaturated/α-hetero) is 1. The van der Waals surface area contributed by atoms with Gasteiger partial charge in [0.1, 0.15) is 29.9 Å². The maximum absolute atomic E-state index is 15.0. The number of amides is 3. The van der Waals surface area contributed by atoms with Crippen molar-refractivity contribution in [1.29, 1.82) is 0 Å². The predicted molar refractivity (Wildman–Crippen MR) is 162 cm³/mol. The zero-order valence-corrected chi connectivity index (χ0v) is 24.5. The number of methoxy groups -OCH3 is 2. The highest BCUT2D eigenvalue weighted by Gasteiger charge is 2.39. The molecule has 0 saturated carbocycles. The molecular weight excluding hydrogens is 589 g/mol. The van der Waals surface area contributed by atoms with Gasteiger partial charge in [0, 0.05) is 23.2 Å². The quantitative estimate of drug-likeness (QED) is 0.238. The second kappa shape index (κ2) is 13.0. The first-order chi connectivity index (χ1) is 21.2. The van der Waals surface area contributed by atoms with E-state index in [4.69, 9.17) is 21.1 Å². The number of fused-ring (bicyclic) bond motifs is 1. The molecule has 1 heterocycles. The summed E-state index contributed by atoms with van der Waals surface area (Å²) in [6.45, 7) is -0.900. The van der Waals surface area contributed by atoms with Crippen LogP contribution in [0.1, 0.15) is 27.5 Å². The number of hydrogen-bond acceptors (Lipinski definition) is 6. The number of anilines is 2. The zero-order chi connectivity index (χ0) is 31.4. The van der Waals surface area contributed by atoms with E-state index in [0.29, 0.717) is 27.8 Å². The number of para-hydroxylation sites is 1. The number of benzene rings is 4. The molecule has 224 valence electrons. The zero-order valence-electron chi connectivity index (χ0n) is 23.8. The molecule has 4 aromatic carbocycles. The third-order valence-corrected chi connectivity index (χ3v) is 7.46. The van der Waals surface area contributed by atoms with Crippen LogP contribution in [-0.4, -0.2) is 49.2 Å². The van der Waals surface area contributed by atoms with E-state index in [1.54, 1.807) is 66.7 Å². The van der Waals surface area contributed by atoms with Crippen molar-refractivity contribution in [1.82, 2.24) is 4.90 Å². The molecule has 5 rings (SSSR count). The highest BCUT2D eigenvalue weighted by atomic mass is 35.5. The Morgan fingerprint density at radius 3 is 2.34 bits per heavy atom. The van der Waals surface area contributed by atoms with Crippen LogP contribution in [0.2, 0.25) is 5.02 Å². The Bertz CT molecular complexity index is 1750. The summed E-state index contributed by atoms with van der Waals surface area (Å²) in [5.74, 6) is -2.76. The lowest BCUT2D eigenvalue weighted by Gasteiger charge is -2.33. The number of nitrogens with one attached hydrogen (secondary N) is 1. The number of ether oxygens (including phenoxy) is 2. The molecular formula is C33H27ClFN3O6. The average molecular weight is 616 g/mol. The van der Waals surface area contributed by atoms with Crippen LogP contribution >= 0.6 is 11.6 Å². The van der Waals surface area contributed by atoms with Crippen molar-refractivity contribution in [3.63, 3.8) is 0 Å². The molecule has 0 radical (unpaired) electrons. The molecule has 1 N–H and O–H groups in total. The lowest BCUT2D eigenvalue weighted by molar-refractivity contribution is -0.139. The fraction of sp³-hybridized carbons (Fsp3) is 0.152. The molecule has 0 bridgehead atoms. The second-order valence-corrected chi connectivity index (χ2v) is 10.3. The summed E-state index contributed by atoms with van der Waals surface area (Å²) in [6.07, 6.45) is 0. The normalized spacial score (nSPS) is 12.9. The summed E-state index contributed by atoms with van der Waals surface area (Å²) in [5.41, 5.74) is 1.25. The van der Waals surface area contributed by atoms with Crippen LogP contribution in [0.3, 0.4) is 0 Å². The van der Waals surface area contributed by atoms with Crippen molar-refractivity contribution < 1.29 is 33.0 Å². The Hall–Kier alpha value is -5.22. The Kier molecular flexibility index (Phi) is 8.91. The van der Waals surface area contributed by atoms with Gasteiger partial charge in [-0.05, 0) is 48.0 Å². The standard InChI is InChI=1S/C33H27ClFN3O6/c1-43-23-15-16-26(28(17-23)44-2)36-32(41)30(20-11-13-22(34)14-12-20)38(18-21-7-3-5-9-25(21)35)29(39)19-37-27-10-6-4-8-24(27)31(40)33(37)42/h3-17,30H,18-19H2,1-2H3,(H,36,41). The van der Waals surface area contributed by atoms with Gasteiger partial charge in [0.25, 0.3) is 17.6 Å². The maximum atomic E-state index is 15.0. The molecule has 1 atom stereocenters. The van der Waals surface area contributed by atoms with E-state index in [1.807, 2.05) is 0 Å². The summed E-state index contributed by atoms with van der Waals surface area (Å²) in [5, 5.41) is 3.21. The highest BCUT2D eigenvalue weighted by Crippen LogP contribution is 2.33. The topological polar surface area (TPSA) is 105 Å². The van der Waals surface area contributed by atoms with Gasteiger partial charge in [0.15, 0.2) is 0 Å². The fourth-order valence-corrected chi connectivity index (χ4v) is 5.11. The number of halogens is 2. The summed E-state index contributed by atoms with van der Waals surface area (Å²) in [4.78, 5) is 56.1. The Morgan fingerprint density at radius 2 is 1.64 bits per heavy atom. The SMILES string of the molecule is COc1ccc(NC(=O)C(c2ccc(Cl)cc2)N(Cc2ccccc2F)C(=O)CN2C(=O)C(=O)c3ccccc32)c(OC)c1. The van der Waals surface area contributed by atoms with Crippen LogP contribution in [0.4, 0.5) is 15.8 Å². The molecule has 1 unspecified atom stereocenters. The monoisotopic (exact) mass is 615 g/mol. The number of carbonyl (C=O) groups is 4. The van der Waals surface area contributed by atoms with Crippen LogP contribution in [0.15, 0.2) is 91.0 Å². The van der Waals surface area contributed by atoms with Gasteiger partial charge in [-0.2, -0.15) is 0 Å². The fourth-order valence-electron chi connectivity index (χ4n) is 4.99. The van der Waals surface area contributed by atoms with Gasteiger partial charge in [0.2, 0.25) is 5.91 Å². The summed E-state index contributed by atoms with van der Waals surface area (Å²) >= 11 is 6.14. The summed E-state index contributed by atoms with van der Waals surface area (Å²) < 4.78 is 25.7. The molecule has 9 nitrogen and oxygen atoms in total. The van der Waals surface area contributed by atoms with E-state index >= 15 is 0 Å². The van der Waals surface area contributed by atoms with Crippen LogP contribution in [-0.2, 0) is 20.9 Å². The van der Waals surface area contributed by atoms with Crippen molar-refractivity contribution in [3.8, 4) is 11.5 Å². The van der Waals surface area contributed by atoms with Gasteiger partial charge in [0.05, 0.1) is 31.2 Å². The van der Waals surface area contributed by atoms with Gasteiger partial charge in [-0.1, -0.05) is 54.1 Å². The average Bonchev–Trinajstić information content (AvgIpc) is 3.27. The molecule has 1 aliphatic heterocycles. The molecule has 0 saturated heterocycles. The minimum atomic E-state index is -1.32. The van der Waals surface area contributed by atoms with Crippen molar-refractivity contribution in [2.45, 2.75) is 12.6 Å². The number of carbonyl (C=O) groups excluding carboxylic acids is 4. The second-order valence-electron chi connectivity index (χ2n) is 9.86. The first-order valence-corrected chi connectivity index (χ1v) is 13.9. The molecule has 0 aliphatic carbocycles. The Labute approximate surface area is 257 Å². The largest absolute Gasteiger partial charge is 0.497 e. The van der Waals surface area contributed by atoms with Crippen LogP contribution in [0.25, 0.3) is 0 Å². The number of nitrogens with zero attached hydrogens (tertiary/aromatic N) is 2. The smallest absolute Gasteiger partial charge is 0.299 e. The highest BCUT2D eigenvalue weighted by molar-refractivity contribution is 6.52. The van der Waals surface area contributed by atoms with Gasteiger partial charge in [-0.25, -0.2) is 4.39 Å². The van der Waals surface area contributed by atoms with Crippen LogP contribution in [0, 0.1) is 5.82 Å². The van der Waals surface area contributed by atoms with E-state index in [0.717, 1.165) is 4.90 Å². The van der Waals surface area contributed by atoms with Gasteiger partial charge in [-0.3, -0.25) is 24.1 Å². The van der Waals surface area contributed by atoms with Gasteiger partial charge < -0.3 is 19.7 Å². The molecule has 4 aromatic rings. The lowest BCUT2D eigenvalue weighted by atomic mass is 10.0. The summed E-state index contributed by atoms with van der Waals surface area (Å²) in [7, 11) is 2.92. The molecule has 3 amide bonds. The molecule has 1 aliphatic rings. The molecule has 0 spiro atoms. The van der Waals surface area contributed by atoms with Gasteiger partial charge >= 0.3 is 0 Å². The Balaban J connectivity index is 1.57. The van der Waals surface area contributed by atoms with Crippen LogP contribution < -0.4 is 19.7 Å². The minimum Gasteiger partial charge on any atom is -0.497 e. The van der Waals surface area contributed by atoms with Crippen molar-refractivity contribution in [2.75, 3.05) is 31.0 Å². The van der Waals surface area contributed by atoms with Crippen molar-refractivity contribution in [2.24, 2.45) is 0 Å². The molecule has 0 fully saturated rings. The third-order valence-electron chi connectivity index (χ3n) is 7.20. The molecule has 11 heteroatoms. The Morgan fingerprint density at radius 1 is 0.932 bits per heavy atom. The lowest BCUT2D eigenvalue weighted by Crippen LogP contribution is -2.46. The van der Waals surface area contributed by atoms with E-state index in [2.05, 4.69) is 5.32 Å². The van der Waals surface area contributed by atoms with E-state index in [-0.39, 0.29) is 23.4 Å². The van der Waals surface area contributed by atoms with E-state index in [1.165, 1.54) is 43.4 Å². The molecule has 0 aromatic heterocycles. The van der Waals surface area contributed by atoms with E-state index < -0.39 is 41.9 Å². The number of rotatable bonds is 10. The van der Waals surface area contributed by atoms with Crippen molar-refractivity contribution >= 4 is 46.5 Å². The van der Waals surface area contributed by atoms with Gasteiger partial charge in [-0.15, -0.1) is 0 Å². The molecule has 44 heavy (non-hydrogen) atoms. The first kappa shape index (κ1) is 30.2. The number of ketones is 1. The van der Waals surface area contributed by atoms with E-state index in [9.17, 15) is 23.6 Å². The minimum absolute atomic E-state index is 0.138. The number of hydrogen-bond donors (Lipinski definition) is 1. The maximum Gasteiger partial charge on any atom is 0.299 e. The summed E-state index contributed by atoms with van der Waals surface area (Å²) in [6, 6.07) is 22.0. The first-order valence-electron chi connectivity index (χ1n) is 13.5.